The predicted molar refractivity (Wildman–Crippen MR) is 60.1 cm³/mol. The van der Waals surface area contributed by atoms with Crippen LogP contribution in [0, 0.1) is 12.3 Å². The van der Waals surface area contributed by atoms with E-state index in [1.165, 1.54) is 16.5 Å². The minimum Gasteiger partial charge on any atom is -0.351 e. The van der Waals surface area contributed by atoms with Crippen molar-refractivity contribution in [2.45, 2.75) is 12.8 Å². The molecule has 0 unspecified atom stereocenters. The number of terminal acetylenes is 1. The molecule has 0 aliphatic rings. The molecule has 0 spiro atoms. The van der Waals surface area contributed by atoms with Gasteiger partial charge in [0.05, 0.1) is 0 Å². The summed E-state index contributed by atoms with van der Waals surface area (Å²) in [6, 6.07) is 8.65. The van der Waals surface area contributed by atoms with Crippen molar-refractivity contribution in [3.63, 3.8) is 0 Å². The third-order valence-electron chi connectivity index (χ3n) is 2.51. The lowest BCUT2D eigenvalue weighted by atomic mass is 10.1. The van der Waals surface area contributed by atoms with Gasteiger partial charge in [0.25, 0.3) is 0 Å². The third-order valence-corrected chi connectivity index (χ3v) is 2.51. The quantitative estimate of drug-likeness (QED) is 0.631. The first kappa shape index (κ1) is 8.90. The van der Waals surface area contributed by atoms with E-state index < -0.39 is 0 Å². The minimum atomic E-state index is 0.818. The molecule has 1 aromatic heterocycles. The third kappa shape index (κ3) is 1.52. The molecule has 14 heavy (non-hydrogen) atoms. The van der Waals surface area contributed by atoms with Crippen LogP contribution in [0.25, 0.3) is 10.9 Å². The predicted octanol–water partition coefficient (Wildman–Crippen LogP) is 2.74. The van der Waals surface area contributed by atoms with Crippen molar-refractivity contribution in [3.8, 4) is 12.3 Å². The summed E-state index contributed by atoms with van der Waals surface area (Å²) in [6.45, 7) is 0. The number of rotatable bonds is 2. The van der Waals surface area contributed by atoms with Crippen molar-refractivity contribution in [1.29, 1.82) is 0 Å². The second kappa shape index (κ2) is 3.59. The standard InChI is InChI=1S/C13H13N/c1-3-4-5-11-6-7-13-12(10-11)8-9-14(13)2/h1,6-10H,4-5H2,2H3. The van der Waals surface area contributed by atoms with Crippen molar-refractivity contribution >= 4 is 10.9 Å². The molecule has 0 amide bonds. The fourth-order valence-electron chi connectivity index (χ4n) is 1.70. The molecule has 0 fully saturated rings. The maximum atomic E-state index is 5.24. The van der Waals surface area contributed by atoms with E-state index in [-0.39, 0.29) is 0 Å². The van der Waals surface area contributed by atoms with Crippen molar-refractivity contribution in [2.24, 2.45) is 7.05 Å². The van der Waals surface area contributed by atoms with Crippen LogP contribution in [0.5, 0.6) is 0 Å². The van der Waals surface area contributed by atoms with E-state index in [4.69, 9.17) is 6.42 Å². The molecule has 0 aliphatic carbocycles. The fourth-order valence-corrected chi connectivity index (χ4v) is 1.70. The smallest absolute Gasteiger partial charge is 0.0477 e. The molecule has 1 heteroatoms. The molecule has 70 valence electrons. The van der Waals surface area contributed by atoms with Crippen LogP contribution in [0.15, 0.2) is 30.5 Å². The molecule has 0 atom stereocenters. The maximum Gasteiger partial charge on any atom is 0.0477 e. The molecule has 2 aromatic rings. The van der Waals surface area contributed by atoms with Gasteiger partial charge in [-0.15, -0.1) is 12.3 Å². The Labute approximate surface area is 84.4 Å². The normalized spacial score (nSPS) is 10.3. The molecule has 0 saturated heterocycles. The average Bonchev–Trinajstić information content (AvgIpc) is 2.57. The zero-order valence-corrected chi connectivity index (χ0v) is 8.33. The number of benzene rings is 1. The Balaban J connectivity index is 2.38. The van der Waals surface area contributed by atoms with Crippen LogP contribution in [0.2, 0.25) is 0 Å². The van der Waals surface area contributed by atoms with Gasteiger partial charge < -0.3 is 4.57 Å². The maximum absolute atomic E-state index is 5.24. The van der Waals surface area contributed by atoms with E-state index in [1.807, 2.05) is 0 Å². The Morgan fingerprint density at radius 1 is 1.36 bits per heavy atom. The Morgan fingerprint density at radius 2 is 2.21 bits per heavy atom. The number of fused-ring (bicyclic) bond motifs is 1. The van der Waals surface area contributed by atoms with Gasteiger partial charge in [0.2, 0.25) is 0 Å². The summed E-state index contributed by atoms with van der Waals surface area (Å²) in [7, 11) is 2.06. The topological polar surface area (TPSA) is 4.93 Å². The van der Waals surface area contributed by atoms with E-state index >= 15 is 0 Å². The van der Waals surface area contributed by atoms with E-state index in [9.17, 15) is 0 Å². The van der Waals surface area contributed by atoms with Crippen molar-refractivity contribution < 1.29 is 0 Å². The number of aromatic nitrogens is 1. The zero-order valence-electron chi connectivity index (χ0n) is 8.33. The molecule has 1 nitrogen and oxygen atoms in total. The monoisotopic (exact) mass is 183 g/mol. The summed E-state index contributed by atoms with van der Waals surface area (Å²) < 4.78 is 2.13. The SMILES string of the molecule is C#CCCc1ccc2c(ccn2C)c1. The van der Waals surface area contributed by atoms with Gasteiger partial charge in [0.15, 0.2) is 0 Å². The van der Waals surface area contributed by atoms with Gasteiger partial charge in [-0.2, -0.15) is 0 Å². The molecular weight excluding hydrogens is 170 g/mol. The molecule has 0 radical (unpaired) electrons. The van der Waals surface area contributed by atoms with Crippen LogP contribution >= 0.6 is 0 Å². The van der Waals surface area contributed by atoms with Gasteiger partial charge in [-0.3, -0.25) is 0 Å². The van der Waals surface area contributed by atoms with Gasteiger partial charge in [-0.1, -0.05) is 6.07 Å². The first-order valence-corrected chi connectivity index (χ1v) is 4.78. The lowest BCUT2D eigenvalue weighted by Gasteiger charge is -1.99. The molecule has 0 saturated carbocycles. The van der Waals surface area contributed by atoms with Crippen LogP contribution in [-0.4, -0.2) is 4.57 Å². The van der Waals surface area contributed by atoms with Gasteiger partial charge in [-0.05, 0) is 35.6 Å². The van der Waals surface area contributed by atoms with E-state index in [1.54, 1.807) is 0 Å². The minimum absolute atomic E-state index is 0.818. The highest BCUT2D eigenvalue weighted by atomic mass is 14.9. The van der Waals surface area contributed by atoms with Crippen molar-refractivity contribution in [3.05, 3.63) is 36.0 Å². The van der Waals surface area contributed by atoms with Gasteiger partial charge in [-0.25, -0.2) is 0 Å². The highest BCUT2D eigenvalue weighted by molar-refractivity contribution is 5.80. The lowest BCUT2D eigenvalue weighted by molar-refractivity contribution is 0.967. The van der Waals surface area contributed by atoms with Crippen molar-refractivity contribution in [1.82, 2.24) is 4.57 Å². The summed E-state index contributed by atoms with van der Waals surface area (Å²) in [5.74, 6) is 2.66. The van der Waals surface area contributed by atoms with Gasteiger partial charge >= 0.3 is 0 Å². The number of hydrogen-bond acceptors (Lipinski definition) is 0. The van der Waals surface area contributed by atoms with E-state index in [0.717, 1.165) is 12.8 Å². The Hall–Kier alpha value is -1.68. The van der Waals surface area contributed by atoms with E-state index in [0.29, 0.717) is 0 Å². The molecule has 0 bridgehead atoms. The largest absolute Gasteiger partial charge is 0.351 e. The Kier molecular flexibility index (Phi) is 2.28. The molecule has 1 aromatic carbocycles. The summed E-state index contributed by atoms with van der Waals surface area (Å²) in [5, 5.41) is 1.29. The average molecular weight is 183 g/mol. The highest BCUT2D eigenvalue weighted by Crippen LogP contribution is 2.17. The first-order valence-electron chi connectivity index (χ1n) is 4.78. The molecule has 0 N–H and O–H groups in total. The van der Waals surface area contributed by atoms with Crippen LogP contribution in [0.3, 0.4) is 0 Å². The Morgan fingerprint density at radius 3 is 3.00 bits per heavy atom. The summed E-state index contributed by atoms with van der Waals surface area (Å²) in [5.41, 5.74) is 2.59. The van der Waals surface area contributed by atoms with Crippen LogP contribution < -0.4 is 0 Å². The first-order chi connectivity index (χ1) is 6.81. The van der Waals surface area contributed by atoms with Gasteiger partial charge in [0.1, 0.15) is 0 Å². The van der Waals surface area contributed by atoms with Crippen LogP contribution in [0.4, 0.5) is 0 Å². The summed E-state index contributed by atoms with van der Waals surface area (Å²) in [4.78, 5) is 0. The zero-order chi connectivity index (χ0) is 9.97. The molecule has 1 heterocycles. The summed E-state index contributed by atoms with van der Waals surface area (Å²) in [6.07, 6.45) is 9.11. The number of aryl methyl sites for hydroxylation is 2. The molecule has 2 rings (SSSR count). The van der Waals surface area contributed by atoms with Crippen LogP contribution in [0.1, 0.15) is 12.0 Å². The van der Waals surface area contributed by atoms with Crippen molar-refractivity contribution in [2.75, 3.05) is 0 Å². The molecule has 0 aliphatic heterocycles. The Bertz CT molecular complexity index is 485. The number of hydrogen-bond donors (Lipinski definition) is 0. The fraction of sp³-hybridized carbons (Fsp3) is 0.231. The second-order valence-corrected chi connectivity index (χ2v) is 3.52. The summed E-state index contributed by atoms with van der Waals surface area (Å²) >= 11 is 0. The molecular formula is C13H13N. The number of nitrogens with zero attached hydrogens (tertiary/aromatic N) is 1. The second-order valence-electron chi connectivity index (χ2n) is 3.52. The van der Waals surface area contributed by atoms with Crippen LogP contribution in [-0.2, 0) is 13.5 Å². The van der Waals surface area contributed by atoms with E-state index in [2.05, 4.69) is 48.0 Å². The van der Waals surface area contributed by atoms with Gasteiger partial charge in [0, 0.05) is 25.2 Å². The lowest BCUT2D eigenvalue weighted by Crippen LogP contribution is -1.86. The highest BCUT2D eigenvalue weighted by Gasteiger charge is 1.98.